The Morgan fingerprint density at radius 1 is 1.21 bits per heavy atom. The zero-order valence-corrected chi connectivity index (χ0v) is 8.27. The first-order valence-electron chi connectivity index (χ1n) is 4.33. The fraction of sp³-hybridized carbons (Fsp3) is 0.556. The summed E-state index contributed by atoms with van der Waals surface area (Å²) in [5, 5.41) is 15.4. The van der Waals surface area contributed by atoms with E-state index < -0.39 is 18.4 Å². The maximum absolute atomic E-state index is 9.43. The zero-order valence-electron chi connectivity index (χ0n) is 8.27. The fourth-order valence-electron chi connectivity index (χ4n) is 0.510. The van der Waals surface area contributed by atoms with Crippen molar-refractivity contribution in [2.24, 2.45) is 5.73 Å². The minimum absolute atomic E-state index is 0.774. The van der Waals surface area contributed by atoms with E-state index in [0.29, 0.717) is 0 Å². The van der Waals surface area contributed by atoms with Gasteiger partial charge in [-0.1, -0.05) is 19.1 Å². The number of hydrogen-bond acceptors (Lipinski definition) is 3. The van der Waals surface area contributed by atoms with Gasteiger partial charge in [-0.15, -0.1) is 0 Å². The average molecular weight is 203 g/mol. The minimum Gasteiger partial charge on any atom is -0.481 e. The lowest BCUT2D eigenvalue weighted by Crippen LogP contribution is -2.03. The van der Waals surface area contributed by atoms with Crippen LogP contribution in [0.5, 0.6) is 0 Å². The molecule has 0 saturated heterocycles. The smallest absolute Gasteiger partial charge is 0.314 e. The number of nitrogens with two attached hydrogens (primary N) is 1. The van der Waals surface area contributed by atoms with Crippen LogP contribution in [0.25, 0.3) is 0 Å². The lowest BCUT2D eigenvalue weighted by molar-refractivity contribution is -0.147. The number of carboxylic acids is 2. The molecule has 0 amide bonds. The van der Waals surface area contributed by atoms with Crippen LogP contribution in [-0.4, -0.2) is 28.7 Å². The van der Waals surface area contributed by atoms with Crippen molar-refractivity contribution in [2.45, 2.75) is 26.2 Å². The lowest BCUT2D eigenvalue weighted by atomic mass is 10.3. The first-order chi connectivity index (χ1) is 6.54. The van der Waals surface area contributed by atoms with E-state index in [-0.39, 0.29) is 0 Å². The van der Waals surface area contributed by atoms with Gasteiger partial charge in [-0.2, -0.15) is 0 Å². The molecule has 0 saturated carbocycles. The highest BCUT2D eigenvalue weighted by atomic mass is 16.4. The standard InChI is InChI=1S/C6H13N.C3H4O4/c1-2-3-4-5-6-7;4-2(5)1-3(6)7/h3-4H,2,5-7H2,1H3;1H2,(H,4,5)(H,6,7). The number of hydrogen-bond donors (Lipinski definition) is 3. The van der Waals surface area contributed by atoms with Crippen molar-refractivity contribution in [1.82, 2.24) is 0 Å². The third-order valence-electron chi connectivity index (χ3n) is 1.04. The quantitative estimate of drug-likeness (QED) is 0.454. The summed E-state index contributed by atoms with van der Waals surface area (Å²) in [4.78, 5) is 18.9. The monoisotopic (exact) mass is 203 g/mol. The van der Waals surface area contributed by atoms with Crippen molar-refractivity contribution in [2.75, 3.05) is 6.54 Å². The molecule has 4 N–H and O–H groups in total. The topological polar surface area (TPSA) is 101 Å². The number of carbonyl (C=O) groups is 2. The number of allylic oxidation sites excluding steroid dienone is 1. The van der Waals surface area contributed by atoms with Crippen molar-refractivity contribution in [1.29, 1.82) is 0 Å². The van der Waals surface area contributed by atoms with Gasteiger partial charge in [0.2, 0.25) is 0 Å². The highest BCUT2D eigenvalue weighted by Crippen LogP contribution is 1.81. The molecule has 0 heterocycles. The molecule has 0 unspecified atom stereocenters. The van der Waals surface area contributed by atoms with Gasteiger partial charge in [-0.3, -0.25) is 9.59 Å². The van der Waals surface area contributed by atoms with E-state index in [4.69, 9.17) is 15.9 Å². The highest BCUT2D eigenvalue weighted by Gasteiger charge is 2.01. The predicted octanol–water partition coefficient (Wildman–Crippen LogP) is 0.847. The molecular weight excluding hydrogens is 186 g/mol. The van der Waals surface area contributed by atoms with Gasteiger partial charge in [0.05, 0.1) is 0 Å². The molecule has 0 aliphatic carbocycles. The van der Waals surface area contributed by atoms with Gasteiger partial charge in [-0.25, -0.2) is 0 Å². The van der Waals surface area contributed by atoms with Crippen LogP contribution >= 0.6 is 0 Å². The molecule has 0 rings (SSSR count). The van der Waals surface area contributed by atoms with Crippen LogP contribution in [0.15, 0.2) is 12.2 Å². The van der Waals surface area contributed by atoms with Crippen LogP contribution in [0.2, 0.25) is 0 Å². The second-order valence-corrected chi connectivity index (χ2v) is 2.42. The second-order valence-electron chi connectivity index (χ2n) is 2.42. The van der Waals surface area contributed by atoms with E-state index >= 15 is 0 Å². The summed E-state index contributed by atoms with van der Waals surface area (Å²) < 4.78 is 0. The minimum atomic E-state index is -1.31. The third kappa shape index (κ3) is 22.4. The van der Waals surface area contributed by atoms with Crippen molar-refractivity contribution >= 4 is 11.9 Å². The molecule has 0 spiro atoms. The van der Waals surface area contributed by atoms with E-state index in [1.165, 1.54) is 0 Å². The van der Waals surface area contributed by atoms with Crippen LogP contribution < -0.4 is 5.73 Å². The Hall–Kier alpha value is -1.36. The van der Waals surface area contributed by atoms with Gasteiger partial charge in [-0.05, 0) is 19.4 Å². The first-order valence-corrected chi connectivity index (χ1v) is 4.33. The van der Waals surface area contributed by atoms with Gasteiger partial charge in [0.25, 0.3) is 0 Å². The van der Waals surface area contributed by atoms with Crippen molar-refractivity contribution in [3.8, 4) is 0 Å². The Bertz CT molecular complexity index is 177. The normalized spacial score (nSPS) is 9.29. The first kappa shape index (κ1) is 15.1. The summed E-state index contributed by atoms with van der Waals surface area (Å²) in [6.45, 7) is 2.89. The zero-order chi connectivity index (χ0) is 11.4. The summed E-state index contributed by atoms with van der Waals surface area (Å²) in [6.07, 6.45) is 5.58. The van der Waals surface area contributed by atoms with Crippen molar-refractivity contribution < 1.29 is 19.8 Å². The summed E-state index contributed by atoms with van der Waals surface area (Å²) in [5.74, 6) is -2.62. The highest BCUT2D eigenvalue weighted by molar-refractivity contribution is 5.88. The molecule has 0 atom stereocenters. The fourth-order valence-corrected chi connectivity index (χ4v) is 0.510. The third-order valence-corrected chi connectivity index (χ3v) is 1.04. The largest absolute Gasteiger partial charge is 0.481 e. The van der Waals surface area contributed by atoms with Crippen LogP contribution in [0.4, 0.5) is 0 Å². The van der Waals surface area contributed by atoms with Crippen LogP contribution in [0, 0.1) is 0 Å². The maximum atomic E-state index is 9.43. The number of carboxylic acid groups (broad SMARTS) is 2. The molecule has 0 aromatic carbocycles. The average Bonchev–Trinajstić information content (AvgIpc) is 2.04. The molecule has 0 aliphatic rings. The van der Waals surface area contributed by atoms with E-state index in [1.54, 1.807) is 0 Å². The van der Waals surface area contributed by atoms with Gasteiger partial charge in [0, 0.05) is 0 Å². The van der Waals surface area contributed by atoms with Gasteiger partial charge in [0.1, 0.15) is 6.42 Å². The predicted molar refractivity (Wildman–Crippen MR) is 53.0 cm³/mol. The Morgan fingerprint density at radius 2 is 1.71 bits per heavy atom. The molecule has 82 valence electrons. The van der Waals surface area contributed by atoms with Gasteiger partial charge >= 0.3 is 11.9 Å². The molecule has 0 aliphatic heterocycles. The van der Waals surface area contributed by atoms with E-state index in [0.717, 1.165) is 19.4 Å². The molecular formula is C9H17NO4. The Kier molecular flexibility index (Phi) is 12.6. The van der Waals surface area contributed by atoms with Crippen LogP contribution in [0.3, 0.4) is 0 Å². The summed E-state index contributed by atoms with van der Waals surface area (Å²) in [6, 6.07) is 0. The van der Waals surface area contributed by atoms with Crippen LogP contribution in [-0.2, 0) is 9.59 Å². The molecule has 0 aromatic heterocycles. The SMILES string of the molecule is CCC=CCCN.O=C(O)CC(=O)O. The van der Waals surface area contributed by atoms with Gasteiger partial charge in [0.15, 0.2) is 0 Å². The van der Waals surface area contributed by atoms with E-state index in [9.17, 15) is 9.59 Å². The molecule has 5 nitrogen and oxygen atoms in total. The Labute approximate surface area is 83.2 Å². The molecule has 0 fully saturated rings. The van der Waals surface area contributed by atoms with Gasteiger partial charge < -0.3 is 15.9 Å². The Morgan fingerprint density at radius 3 is 1.93 bits per heavy atom. The van der Waals surface area contributed by atoms with Crippen molar-refractivity contribution in [3.05, 3.63) is 12.2 Å². The molecule has 0 aromatic rings. The Balaban J connectivity index is 0. The van der Waals surface area contributed by atoms with E-state index in [1.807, 2.05) is 0 Å². The number of aliphatic carboxylic acids is 2. The second kappa shape index (κ2) is 11.6. The summed E-state index contributed by atoms with van der Waals surface area (Å²) in [7, 11) is 0. The number of rotatable bonds is 5. The van der Waals surface area contributed by atoms with Crippen LogP contribution in [0.1, 0.15) is 26.2 Å². The molecule has 14 heavy (non-hydrogen) atoms. The maximum Gasteiger partial charge on any atom is 0.314 e. The summed E-state index contributed by atoms with van der Waals surface area (Å²) in [5.41, 5.74) is 5.22. The summed E-state index contributed by atoms with van der Waals surface area (Å²) >= 11 is 0. The van der Waals surface area contributed by atoms with E-state index in [2.05, 4.69) is 19.1 Å². The van der Waals surface area contributed by atoms with Crippen molar-refractivity contribution in [3.63, 3.8) is 0 Å². The molecule has 0 bridgehead atoms. The molecule has 0 radical (unpaired) electrons. The lowest BCUT2D eigenvalue weighted by Gasteiger charge is -1.80. The molecule has 5 heteroatoms.